The zero-order valence-electron chi connectivity index (χ0n) is 10.4. The third kappa shape index (κ3) is 2.53. The first-order chi connectivity index (χ1) is 8.61. The summed E-state index contributed by atoms with van der Waals surface area (Å²) in [6, 6.07) is 5.32. The number of nitro groups is 1. The molecule has 0 aromatic heterocycles. The average Bonchev–Trinajstić information content (AvgIpc) is 2.38. The lowest BCUT2D eigenvalue weighted by molar-refractivity contribution is -0.384. The lowest BCUT2D eigenvalue weighted by atomic mass is 10.0. The Hall–Kier alpha value is -1.82. The van der Waals surface area contributed by atoms with Crippen LogP contribution in [0.1, 0.15) is 26.2 Å². The highest BCUT2D eigenvalue weighted by Gasteiger charge is 2.21. The Morgan fingerprint density at radius 1 is 1.44 bits per heavy atom. The van der Waals surface area contributed by atoms with Crippen LogP contribution < -0.4 is 16.2 Å². The second-order valence-electron chi connectivity index (χ2n) is 4.68. The predicted octanol–water partition coefficient (Wildman–Crippen LogP) is 2.26. The van der Waals surface area contributed by atoms with Crippen LogP contribution in [0.2, 0.25) is 0 Å². The maximum absolute atomic E-state index is 10.9. The highest BCUT2D eigenvalue weighted by Crippen LogP contribution is 2.30. The monoisotopic (exact) mass is 250 g/mol. The Kier molecular flexibility index (Phi) is 3.66. The summed E-state index contributed by atoms with van der Waals surface area (Å²) in [4.78, 5) is 12.7. The number of benzene rings is 1. The minimum atomic E-state index is -0.390. The van der Waals surface area contributed by atoms with Crippen molar-refractivity contribution in [1.82, 2.24) is 0 Å². The van der Waals surface area contributed by atoms with E-state index in [0.717, 1.165) is 25.1 Å². The third-order valence-corrected chi connectivity index (χ3v) is 3.41. The van der Waals surface area contributed by atoms with Gasteiger partial charge in [-0.05, 0) is 32.3 Å². The number of hydrogen-bond donors (Lipinski definition) is 2. The Morgan fingerprint density at radius 3 is 2.83 bits per heavy atom. The van der Waals surface area contributed by atoms with Crippen LogP contribution in [-0.4, -0.2) is 17.5 Å². The zero-order valence-corrected chi connectivity index (χ0v) is 10.4. The molecule has 3 N–H and O–H groups in total. The Bertz CT molecular complexity index is 450. The van der Waals surface area contributed by atoms with Gasteiger partial charge in [0.2, 0.25) is 0 Å². The van der Waals surface area contributed by atoms with Crippen molar-refractivity contribution >= 4 is 17.1 Å². The van der Waals surface area contributed by atoms with Gasteiger partial charge in [-0.2, -0.15) is 0 Å². The summed E-state index contributed by atoms with van der Waals surface area (Å²) in [5.74, 6) is 5.36. The second kappa shape index (κ2) is 5.22. The second-order valence-corrected chi connectivity index (χ2v) is 4.68. The van der Waals surface area contributed by atoms with Gasteiger partial charge in [-0.15, -0.1) is 0 Å². The van der Waals surface area contributed by atoms with Crippen LogP contribution in [0.3, 0.4) is 0 Å². The number of rotatable bonds is 3. The van der Waals surface area contributed by atoms with Crippen LogP contribution in [-0.2, 0) is 0 Å². The number of anilines is 2. The molecular formula is C12H18N4O2. The highest BCUT2D eigenvalue weighted by atomic mass is 16.6. The molecule has 0 saturated carbocycles. The zero-order chi connectivity index (χ0) is 13.1. The first-order valence-electron chi connectivity index (χ1n) is 6.14. The number of nitrogen functional groups attached to an aromatic ring is 1. The third-order valence-electron chi connectivity index (χ3n) is 3.41. The van der Waals surface area contributed by atoms with E-state index < -0.39 is 0 Å². The van der Waals surface area contributed by atoms with Crippen LogP contribution in [0, 0.1) is 10.1 Å². The smallest absolute Gasteiger partial charge is 0.273 e. The number of piperidine rings is 1. The van der Waals surface area contributed by atoms with Gasteiger partial charge in [0, 0.05) is 30.4 Å². The molecule has 1 saturated heterocycles. The van der Waals surface area contributed by atoms with Crippen LogP contribution in [0.15, 0.2) is 18.2 Å². The first-order valence-corrected chi connectivity index (χ1v) is 6.14. The van der Waals surface area contributed by atoms with Crippen LogP contribution in [0.25, 0.3) is 0 Å². The van der Waals surface area contributed by atoms with Gasteiger partial charge in [0.1, 0.15) is 0 Å². The Labute approximate surface area is 106 Å². The van der Waals surface area contributed by atoms with E-state index in [9.17, 15) is 10.1 Å². The molecule has 18 heavy (non-hydrogen) atoms. The van der Waals surface area contributed by atoms with Gasteiger partial charge in [-0.3, -0.25) is 16.0 Å². The van der Waals surface area contributed by atoms with Crippen LogP contribution in [0.4, 0.5) is 17.1 Å². The van der Waals surface area contributed by atoms with Crippen molar-refractivity contribution in [2.24, 2.45) is 5.84 Å². The van der Waals surface area contributed by atoms with E-state index in [2.05, 4.69) is 17.2 Å². The fraction of sp³-hybridized carbons (Fsp3) is 0.500. The first kappa shape index (κ1) is 12.6. The molecule has 1 aromatic carbocycles. The molecule has 1 atom stereocenters. The molecule has 1 aliphatic rings. The summed E-state index contributed by atoms with van der Waals surface area (Å²) in [6.07, 6.45) is 3.46. The standard InChI is InChI=1S/C12H18N4O2/c1-9-4-2-3-5-15(9)11-6-10(14-13)7-12(8-11)16(17)18/h6-9,14H,2-5,13H2,1H3. The topological polar surface area (TPSA) is 84.4 Å². The summed E-state index contributed by atoms with van der Waals surface area (Å²) >= 11 is 0. The number of nitrogens with one attached hydrogen (secondary N) is 1. The minimum absolute atomic E-state index is 0.0678. The highest BCUT2D eigenvalue weighted by molar-refractivity contribution is 5.64. The van der Waals surface area contributed by atoms with Crippen LogP contribution >= 0.6 is 0 Å². The van der Waals surface area contributed by atoms with E-state index in [1.807, 2.05) is 6.07 Å². The number of non-ortho nitro benzene ring substituents is 1. The summed E-state index contributed by atoms with van der Waals surface area (Å²) in [5.41, 5.74) is 3.99. The van der Waals surface area contributed by atoms with Crippen molar-refractivity contribution in [3.8, 4) is 0 Å². The van der Waals surface area contributed by atoms with Crippen molar-refractivity contribution in [3.63, 3.8) is 0 Å². The number of nitro benzene ring substituents is 1. The summed E-state index contributed by atoms with van der Waals surface area (Å²) in [5, 5.41) is 10.9. The molecule has 2 rings (SSSR count). The Balaban J connectivity index is 2.36. The molecule has 0 amide bonds. The predicted molar refractivity (Wildman–Crippen MR) is 71.6 cm³/mol. The molecule has 98 valence electrons. The van der Waals surface area contributed by atoms with Crippen molar-refractivity contribution in [1.29, 1.82) is 0 Å². The maximum atomic E-state index is 10.9. The molecule has 1 aliphatic heterocycles. The van der Waals surface area contributed by atoms with Gasteiger partial charge >= 0.3 is 0 Å². The molecule has 1 aromatic rings. The molecule has 0 spiro atoms. The van der Waals surface area contributed by atoms with Crippen molar-refractivity contribution in [3.05, 3.63) is 28.3 Å². The molecular weight excluding hydrogens is 232 g/mol. The fourth-order valence-electron chi connectivity index (χ4n) is 2.43. The molecule has 0 radical (unpaired) electrons. The minimum Gasteiger partial charge on any atom is -0.369 e. The number of hydrogen-bond acceptors (Lipinski definition) is 5. The van der Waals surface area contributed by atoms with E-state index in [1.165, 1.54) is 12.5 Å². The van der Waals surface area contributed by atoms with Crippen molar-refractivity contribution in [2.45, 2.75) is 32.2 Å². The van der Waals surface area contributed by atoms with E-state index in [0.29, 0.717) is 11.7 Å². The Morgan fingerprint density at radius 2 is 2.22 bits per heavy atom. The fourth-order valence-corrected chi connectivity index (χ4v) is 2.43. The molecule has 1 heterocycles. The summed E-state index contributed by atoms with van der Waals surface area (Å²) < 4.78 is 0. The molecule has 0 bridgehead atoms. The molecule has 6 heteroatoms. The van der Waals surface area contributed by atoms with E-state index in [1.54, 1.807) is 6.07 Å². The molecule has 1 fully saturated rings. The summed E-state index contributed by atoms with van der Waals surface area (Å²) in [6.45, 7) is 3.08. The van der Waals surface area contributed by atoms with E-state index in [4.69, 9.17) is 5.84 Å². The van der Waals surface area contributed by atoms with E-state index >= 15 is 0 Å². The van der Waals surface area contributed by atoms with Gasteiger partial charge in [0.25, 0.3) is 5.69 Å². The van der Waals surface area contributed by atoms with Gasteiger partial charge in [0.15, 0.2) is 0 Å². The molecule has 6 nitrogen and oxygen atoms in total. The van der Waals surface area contributed by atoms with Crippen molar-refractivity contribution in [2.75, 3.05) is 16.9 Å². The SMILES string of the molecule is CC1CCCCN1c1cc(NN)cc([N+](=O)[O-])c1. The van der Waals surface area contributed by atoms with E-state index in [-0.39, 0.29) is 10.6 Å². The molecule has 1 unspecified atom stereocenters. The van der Waals surface area contributed by atoms with Crippen molar-refractivity contribution < 1.29 is 4.92 Å². The van der Waals surface area contributed by atoms with Crippen LogP contribution in [0.5, 0.6) is 0 Å². The quantitative estimate of drug-likeness (QED) is 0.488. The largest absolute Gasteiger partial charge is 0.369 e. The lowest BCUT2D eigenvalue weighted by Crippen LogP contribution is -2.37. The van der Waals surface area contributed by atoms with Gasteiger partial charge in [-0.25, -0.2) is 0 Å². The number of nitrogens with two attached hydrogens (primary N) is 1. The van der Waals surface area contributed by atoms with Gasteiger partial charge in [-0.1, -0.05) is 0 Å². The lowest BCUT2D eigenvalue weighted by Gasteiger charge is -2.35. The maximum Gasteiger partial charge on any atom is 0.273 e. The average molecular weight is 250 g/mol. The number of hydrazine groups is 1. The summed E-state index contributed by atoms with van der Waals surface area (Å²) in [7, 11) is 0. The van der Waals surface area contributed by atoms with Gasteiger partial charge < -0.3 is 10.3 Å². The van der Waals surface area contributed by atoms with Gasteiger partial charge in [0.05, 0.1) is 10.6 Å². The number of nitrogens with zero attached hydrogens (tertiary/aromatic N) is 2. The molecule has 0 aliphatic carbocycles. The normalized spacial score (nSPS) is 19.7.